The van der Waals surface area contributed by atoms with E-state index in [1.165, 1.54) is 0 Å². The summed E-state index contributed by atoms with van der Waals surface area (Å²) in [5, 5.41) is 14.0. The van der Waals surface area contributed by atoms with Crippen molar-refractivity contribution in [2.75, 3.05) is 6.54 Å². The minimum Gasteiger partial charge on any atom is -0.480 e. The van der Waals surface area contributed by atoms with Gasteiger partial charge >= 0.3 is 5.97 Å². The van der Waals surface area contributed by atoms with Gasteiger partial charge in [-0.1, -0.05) is 12.1 Å². The van der Waals surface area contributed by atoms with Crippen molar-refractivity contribution < 1.29 is 18.3 Å². The summed E-state index contributed by atoms with van der Waals surface area (Å²) < 4.78 is 25.8. The molecule has 0 spiro atoms. The molecule has 0 amide bonds. The van der Waals surface area contributed by atoms with Crippen LogP contribution in [0, 0.1) is 0 Å². The van der Waals surface area contributed by atoms with Crippen LogP contribution in [0.5, 0.6) is 0 Å². The Balaban J connectivity index is 2.33. The molecule has 2 rings (SSSR count). The normalized spacial score (nSPS) is 13.6. The van der Waals surface area contributed by atoms with E-state index in [4.69, 9.17) is 16.0 Å². The minimum absolute atomic E-state index is 0.162. The number of carboxylic acids is 1. The van der Waals surface area contributed by atoms with Crippen molar-refractivity contribution in [1.29, 1.82) is 0 Å². The molecule has 1 aromatic carbocycles. The maximum Gasteiger partial charge on any atom is 0.321 e. The highest BCUT2D eigenvalue weighted by Crippen LogP contribution is 2.16. The molecule has 1 atom stereocenters. The monoisotopic (exact) mass is 327 g/mol. The zero-order chi connectivity index (χ0) is 16.5. The number of aryl methyl sites for hydroxylation is 1. The smallest absolute Gasteiger partial charge is 0.321 e. The molecule has 1 aromatic heterocycles. The Morgan fingerprint density at radius 2 is 2.09 bits per heavy atom. The van der Waals surface area contributed by atoms with Crippen molar-refractivity contribution in [2.24, 2.45) is 17.9 Å². The third kappa shape index (κ3) is 3.42. The average molecular weight is 327 g/mol. The van der Waals surface area contributed by atoms with Gasteiger partial charge in [0.15, 0.2) is 0 Å². The summed E-state index contributed by atoms with van der Waals surface area (Å²) in [7, 11) is -2.37. The summed E-state index contributed by atoms with van der Waals surface area (Å²) in [4.78, 5) is 15.1. The molecule has 0 aliphatic heterocycles. The van der Waals surface area contributed by atoms with Gasteiger partial charge in [-0.3, -0.25) is 4.79 Å². The minimum atomic E-state index is -4.11. The highest BCUT2D eigenvalue weighted by molar-refractivity contribution is 7.86. The molecule has 0 aliphatic carbocycles. The molecule has 0 saturated carbocycles. The largest absolute Gasteiger partial charge is 0.480 e. The fourth-order valence-corrected chi connectivity index (χ4v) is 2.71. The Morgan fingerprint density at radius 1 is 1.45 bits per heavy atom. The lowest BCUT2D eigenvalue weighted by Crippen LogP contribution is -2.47. The standard InChI is InChI=1S/C12H17N5O4S/c1-16-10-5-3-2-4-9(10)15-11(16)7-17(22(14,20)21)6-8(13)12(18)19/h2-5,8H,6-7,13H2,1H3,(H,18,19)(H2,14,20,21)/t8-/m0/s1. The fourth-order valence-electron chi connectivity index (χ4n) is 2.05. The Hall–Kier alpha value is -2.01. The van der Waals surface area contributed by atoms with E-state index >= 15 is 0 Å². The summed E-state index contributed by atoms with van der Waals surface area (Å²) in [5.74, 6) is -0.869. The van der Waals surface area contributed by atoms with Crippen molar-refractivity contribution in [1.82, 2.24) is 13.9 Å². The molecule has 0 saturated heterocycles. The number of imidazole rings is 1. The lowest BCUT2D eigenvalue weighted by Gasteiger charge is -2.20. The van der Waals surface area contributed by atoms with E-state index in [0.29, 0.717) is 11.3 Å². The Kier molecular flexibility index (Phi) is 4.47. The molecule has 120 valence electrons. The van der Waals surface area contributed by atoms with Gasteiger partial charge in [0.2, 0.25) is 0 Å². The third-order valence-corrected chi connectivity index (χ3v) is 4.27. The van der Waals surface area contributed by atoms with Crippen molar-refractivity contribution in [3.63, 3.8) is 0 Å². The lowest BCUT2D eigenvalue weighted by molar-refractivity contribution is -0.138. The Bertz CT molecular complexity index is 801. The highest BCUT2D eigenvalue weighted by atomic mass is 32.2. The predicted octanol–water partition coefficient (Wildman–Crippen LogP) is -1.01. The topological polar surface area (TPSA) is 145 Å². The summed E-state index contributed by atoms with van der Waals surface area (Å²) in [6, 6.07) is 5.93. The van der Waals surface area contributed by atoms with E-state index in [2.05, 4.69) is 4.98 Å². The first-order chi connectivity index (χ1) is 10.2. The summed E-state index contributed by atoms with van der Waals surface area (Å²) >= 11 is 0. The fraction of sp³-hybridized carbons (Fsp3) is 0.333. The number of carboxylic acid groups (broad SMARTS) is 1. The van der Waals surface area contributed by atoms with E-state index in [0.717, 1.165) is 9.82 Å². The highest BCUT2D eigenvalue weighted by Gasteiger charge is 2.25. The average Bonchev–Trinajstić information content (AvgIpc) is 2.74. The molecule has 0 unspecified atom stereocenters. The van der Waals surface area contributed by atoms with Crippen LogP contribution in [-0.4, -0.2) is 45.9 Å². The van der Waals surface area contributed by atoms with Gasteiger partial charge in [-0.05, 0) is 12.1 Å². The number of nitrogens with zero attached hydrogens (tertiary/aromatic N) is 3. The van der Waals surface area contributed by atoms with Gasteiger partial charge in [0.05, 0.1) is 17.6 Å². The molecule has 2 aromatic rings. The van der Waals surface area contributed by atoms with E-state index < -0.39 is 28.8 Å². The zero-order valence-electron chi connectivity index (χ0n) is 11.9. The first kappa shape index (κ1) is 16.4. The molecule has 1 heterocycles. The van der Waals surface area contributed by atoms with E-state index in [1.54, 1.807) is 17.7 Å². The van der Waals surface area contributed by atoms with Crippen LogP contribution in [-0.2, 0) is 28.6 Å². The van der Waals surface area contributed by atoms with Crippen molar-refractivity contribution in [2.45, 2.75) is 12.6 Å². The quantitative estimate of drug-likeness (QED) is 0.620. The second-order valence-corrected chi connectivity index (χ2v) is 6.40. The van der Waals surface area contributed by atoms with Crippen molar-refractivity contribution in [3.8, 4) is 0 Å². The number of hydrogen-bond acceptors (Lipinski definition) is 5. The first-order valence-corrected chi connectivity index (χ1v) is 7.87. The van der Waals surface area contributed by atoms with Gasteiger partial charge in [-0.15, -0.1) is 0 Å². The van der Waals surface area contributed by atoms with E-state index in [1.807, 2.05) is 18.2 Å². The van der Waals surface area contributed by atoms with Crippen LogP contribution < -0.4 is 10.9 Å². The van der Waals surface area contributed by atoms with Gasteiger partial charge in [0.1, 0.15) is 11.9 Å². The second kappa shape index (κ2) is 6.01. The molecule has 9 nitrogen and oxygen atoms in total. The maximum atomic E-state index is 11.6. The van der Waals surface area contributed by atoms with Gasteiger partial charge in [0.25, 0.3) is 10.2 Å². The number of para-hydroxylation sites is 2. The van der Waals surface area contributed by atoms with Crippen LogP contribution in [0.25, 0.3) is 11.0 Å². The number of rotatable bonds is 6. The number of hydrogen-bond donors (Lipinski definition) is 3. The molecular formula is C12H17N5O4S. The number of fused-ring (bicyclic) bond motifs is 1. The Morgan fingerprint density at radius 3 is 2.64 bits per heavy atom. The van der Waals surface area contributed by atoms with Crippen molar-refractivity contribution >= 4 is 27.2 Å². The third-order valence-electron chi connectivity index (χ3n) is 3.27. The lowest BCUT2D eigenvalue weighted by atomic mass is 10.3. The number of nitrogens with two attached hydrogens (primary N) is 2. The summed E-state index contributed by atoms with van der Waals surface area (Å²) in [6.07, 6.45) is 0. The van der Waals surface area contributed by atoms with Gasteiger partial charge in [0, 0.05) is 13.6 Å². The van der Waals surface area contributed by atoms with Crippen LogP contribution in [0.3, 0.4) is 0 Å². The predicted molar refractivity (Wildman–Crippen MR) is 79.8 cm³/mol. The molecule has 0 radical (unpaired) electrons. The van der Waals surface area contributed by atoms with Gasteiger partial charge < -0.3 is 15.4 Å². The molecule has 10 heteroatoms. The van der Waals surface area contributed by atoms with E-state index in [9.17, 15) is 13.2 Å². The first-order valence-electron chi connectivity index (χ1n) is 6.36. The van der Waals surface area contributed by atoms with Gasteiger partial charge in [-0.2, -0.15) is 12.7 Å². The number of aliphatic carboxylic acids is 1. The number of benzene rings is 1. The number of aromatic nitrogens is 2. The van der Waals surface area contributed by atoms with Crippen LogP contribution in [0.4, 0.5) is 0 Å². The van der Waals surface area contributed by atoms with E-state index in [-0.39, 0.29) is 6.54 Å². The molecule has 0 fully saturated rings. The summed E-state index contributed by atoms with van der Waals surface area (Å²) in [6.45, 7) is -0.595. The van der Waals surface area contributed by atoms with Crippen molar-refractivity contribution in [3.05, 3.63) is 30.1 Å². The SMILES string of the molecule is Cn1c(CN(C[C@H](N)C(=O)O)S(N)(=O)=O)nc2ccccc21. The molecular weight excluding hydrogens is 310 g/mol. The van der Waals surface area contributed by atoms with Crippen LogP contribution in [0.15, 0.2) is 24.3 Å². The van der Waals surface area contributed by atoms with Crippen LogP contribution in [0.1, 0.15) is 5.82 Å². The summed E-state index contributed by atoms with van der Waals surface area (Å²) in [5.41, 5.74) is 6.93. The molecule has 0 bridgehead atoms. The van der Waals surface area contributed by atoms with Crippen LogP contribution in [0.2, 0.25) is 0 Å². The number of carbonyl (C=O) groups is 1. The molecule has 5 N–H and O–H groups in total. The van der Waals surface area contributed by atoms with Crippen LogP contribution >= 0.6 is 0 Å². The Labute approximate surface area is 127 Å². The van der Waals surface area contributed by atoms with Gasteiger partial charge in [-0.25, -0.2) is 10.1 Å². The second-order valence-electron chi connectivity index (χ2n) is 4.86. The molecule has 0 aliphatic rings. The maximum absolute atomic E-state index is 11.6. The zero-order valence-corrected chi connectivity index (χ0v) is 12.7. The molecule has 22 heavy (non-hydrogen) atoms.